The zero-order chi connectivity index (χ0) is 29.6. The van der Waals surface area contributed by atoms with E-state index in [1.165, 1.54) is 12.1 Å². The van der Waals surface area contributed by atoms with Crippen LogP contribution in [-0.4, -0.2) is 64.5 Å². The summed E-state index contributed by atoms with van der Waals surface area (Å²) < 4.78 is 21.6. The van der Waals surface area contributed by atoms with E-state index in [-0.39, 0.29) is 17.6 Å². The van der Waals surface area contributed by atoms with E-state index in [2.05, 4.69) is 20.9 Å². The first-order valence-electron chi connectivity index (χ1n) is 15.1. The molecule has 3 aromatic carbocycles. The highest BCUT2D eigenvalue weighted by molar-refractivity contribution is 5.94. The van der Waals surface area contributed by atoms with Crippen LogP contribution in [-0.2, 0) is 6.54 Å². The number of carbonyl (C=O) groups excluding carboxylic acids is 1. The van der Waals surface area contributed by atoms with Crippen LogP contribution in [0.25, 0.3) is 11.0 Å². The number of nitrogens with zero attached hydrogens (tertiary/aromatic N) is 4. The molecule has 1 saturated heterocycles. The molecular formula is C35H38FN5O2. The quantitative estimate of drug-likeness (QED) is 0.190. The Morgan fingerprint density at radius 3 is 2.49 bits per heavy atom. The largest absolute Gasteiger partial charge is 0.467 e. The molecule has 1 fully saturated rings. The number of nitrogens with one attached hydrogen (secondary N) is 1. The highest BCUT2D eigenvalue weighted by Crippen LogP contribution is 2.26. The highest BCUT2D eigenvalue weighted by Gasteiger charge is 2.24. The van der Waals surface area contributed by atoms with E-state index in [1.54, 1.807) is 11.2 Å². The van der Waals surface area contributed by atoms with Gasteiger partial charge < -0.3 is 24.1 Å². The summed E-state index contributed by atoms with van der Waals surface area (Å²) >= 11 is 0. The van der Waals surface area contributed by atoms with E-state index < -0.39 is 0 Å². The van der Waals surface area contributed by atoms with Crippen LogP contribution in [0.15, 0.2) is 102 Å². The number of rotatable bonds is 11. The average Bonchev–Trinajstić information content (AvgIpc) is 3.68. The first-order valence-corrected chi connectivity index (χ1v) is 15.1. The first kappa shape index (κ1) is 28.7. The number of hydrogen-bond donors (Lipinski definition) is 1. The molecule has 8 heteroatoms. The zero-order valence-corrected chi connectivity index (χ0v) is 24.5. The lowest BCUT2D eigenvalue weighted by molar-refractivity contribution is 0.0782. The standard InChI is InChI=1S/C35H38FN5O2/c1-39(34(42)27-8-3-2-4-9-27)24-28(26-13-15-29(36)16-14-26)17-20-40-21-18-30(19-22-40)37-35-38-32-11-5-6-12-33(32)41(35)25-31-10-7-23-43-31/h2-16,23,28,30H,17-22,24-25H2,1H3,(H,37,38). The fraction of sp³-hybridized carbons (Fsp3) is 0.314. The van der Waals surface area contributed by atoms with Gasteiger partial charge in [0.2, 0.25) is 5.95 Å². The van der Waals surface area contributed by atoms with E-state index in [0.29, 0.717) is 24.7 Å². The zero-order valence-electron chi connectivity index (χ0n) is 24.5. The van der Waals surface area contributed by atoms with Gasteiger partial charge in [-0.3, -0.25) is 4.79 Å². The van der Waals surface area contributed by atoms with Gasteiger partial charge in [0.15, 0.2) is 0 Å². The third-order valence-electron chi connectivity index (χ3n) is 8.47. The van der Waals surface area contributed by atoms with Gasteiger partial charge in [-0.2, -0.15) is 0 Å². The molecule has 0 saturated carbocycles. The van der Waals surface area contributed by atoms with Crippen LogP contribution in [0, 0.1) is 5.82 Å². The molecular weight excluding hydrogens is 541 g/mol. The van der Waals surface area contributed by atoms with Crippen molar-refractivity contribution in [3.8, 4) is 0 Å². The van der Waals surface area contributed by atoms with Crippen molar-refractivity contribution in [1.82, 2.24) is 19.4 Å². The molecule has 1 atom stereocenters. The molecule has 222 valence electrons. The van der Waals surface area contributed by atoms with Crippen molar-refractivity contribution in [1.29, 1.82) is 0 Å². The molecule has 0 aliphatic carbocycles. The van der Waals surface area contributed by atoms with Crippen LogP contribution in [0.1, 0.15) is 46.9 Å². The van der Waals surface area contributed by atoms with Gasteiger partial charge in [-0.25, -0.2) is 9.37 Å². The molecule has 1 aliphatic heterocycles. The van der Waals surface area contributed by atoms with E-state index in [1.807, 2.05) is 79.8 Å². The Bertz CT molecular complexity index is 1610. The van der Waals surface area contributed by atoms with E-state index in [0.717, 1.165) is 67.2 Å². The number of anilines is 1. The normalized spacial score (nSPS) is 15.0. The molecule has 7 nitrogen and oxygen atoms in total. The Labute approximate surface area is 251 Å². The minimum atomic E-state index is -0.247. The lowest BCUT2D eigenvalue weighted by atomic mass is 9.94. The SMILES string of the molecule is CN(CC(CCN1CCC(Nc2nc3ccccc3n2Cc2ccco2)CC1)c1ccc(F)cc1)C(=O)c1ccccc1. The van der Waals surface area contributed by atoms with Crippen molar-refractivity contribution in [2.75, 3.05) is 38.5 Å². The van der Waals surface area contributed by atoms with Crippen LogP contribution >= 0.6 is 0 Å². The molecule has 0 bridgehead atoms. The maximum Gasteiger partial charge on any atom is 0.253 e. The van der Waals surface area contributed by atoms with E-state index >= 15 is 0 Å². The third kappa shape index (κ3) is 6.97. The number of aromatic nitrogens is 2. The minimum absolute atomic E-state index is 0.00216. The molecule has 5 aromatic rings. The number of para-hydroxylation sites is 2. The second-order valence-electron chi connectivity index (χ2n) is 11.4. The molecule has 1 aliphatic rings. The molecule has 3 heterocycles. The number of likely N-dealkylation sites (tertiary alicyclic amines) is 1. The summed E-state index contributed by atoms with van der Waals surface area (Å²) in [6.45, 7) is 4.07. The van der Waals surface area contributed by atoms with Crippen molar-refractivity contribution in [3.05, 3.63) is 120 Å². The Morgan fingerprint density at radius 2 is 1.74 bits per heavy atom. The summed E-state index contributed by atoms with van der Waals surface area (Å²) in [5.74, 6) is 1.63. The van der Waals surface area contributed by atoms with Crippen molar-refractivity contribution < 1.29 is 13.6 Å². The minimum Gasteiger partial charge on any atom is -0.467 e. The first-order chi connectivity index (χ1) is 21.0. The lowest BCUT2D eigenvalue weighted by Crippen LogP contribution is -2.40. The van der Waals surface area contributed by atoms with Crippen LogP contribution in [0.2, 0.25) is 0 Å². The fourth-order valence-corrected chi connectivity index (χ4v) is 6.04. The molecule has 2 aromatic heterocycles. The number of carbonyl (C=O) groups is 1. The van der Waals surface area contributed by atoms with Gasteiger partial charge in [0, 0.05) is 44.2 Å². The van der Waals surface area contributed by atoms with Gasteiger partial charge in [0.25, 0.3) is 5.91 Å². The van der Waals surface area contributed by atoms with Crippen LogP contribution in [0.5, 0.6) is 0 Å². The molecule has 6 rings (SSSR count). The number of imidazole rings is 1. The Hall–Kier alpha value is -4.43. The molecule has 1 unspecified atom stereocenters. The number of piperidine rings is 1. The average molecular weight is 580 g/mol. The molecule has 43 heavy (non-hydrogen) atoms. The van der Waals surface area contributed by atoms with Gasteiger partial charge in [0.05, 0.1) is 23.8 Å². The number of hydrogen-bond acceptors (Lipinski definition) is 5. The van der Waals surface area contributed by atoms with Gasteiger partial charge in [-0.15, -0.1) is 0 Å². The smallest absolute Gasteiger partial charge is 0.253 e. The summed E-state index contributed by atoms with van der Waals surface area (Å²) in [7, 11) is 1.85. The monoisotopic (exact) mass is 579 g/mol. The Morgan fingerprint density at radius 1 is 1.00 bits per heavy atom. The van der Waals surface area contributed by atoms with Crippen LogP contribution in [0.3, 0.4) is 0 Å². The van der Waals surface area contributed by atoms with Crippen LogP contribution in [0.4, 0.5) is 10.3 Å². The Kier molecular flexibility index (Phi) is 8.84. The van der Waals surface area contributed by atoms with Crippen molar-refractivity contribution in [3.63, 3.8) is 0 Å². The van der Waals surface area contributed by atoms with Crippen molar-refractivity contribution in [2.24, 2.45) is 0 Å². The predicted octanol–water partition coefficient (Wildman–Crippen LogP) is 6.64. The highest BCUT2D eigenvalue weighted by atomic mass is 19.1. The van der Waals surface area contributed by atoms with Gasteiger partial charge in [0.1, 0.15) is 11.6 Å². The molecule has 0 spiro atoms. The number of benzene rings is 3. The molecule has 1 N–H and O–H groups in total. The number of amides is 1. The van der Waals surface area contributed by atoms with Crippen molar-refractivity contribution >= 4 is 22.9 Å². The summed E-state index contributed by atoms with van der Waals surface area (Å²) in [5.41, 5.74) is 3.79. The van der Waals surface area contributed by atoms with Gasteiger partial charge in [-0.1, -0.05) is 42.5 Å². The summed E-state index contributed by atoms with van der Waals surface area (Å²) in [6.07, 6.45) is 4.61. The summed E-state index contributed by atoms with van der Waals surface area (Å²) in [5, 5.41) is 3.73. The number of likely N-dealkylation sites (N-methyl/N-ethyl adjacent to an activating group) is 1. The number of fused-ring (bicyclic) bond motifs is 1. The predicted molar refractivity (Wildman–Crippen MR) is 168 cm³/mol. The van der Waals surface area contributed by atoms with Gasteiger partial charge in [-0.05, 0) is 79.9 Å². The number of halogens is 1. The topological polar surface area (TPSA) is 66.5 Å². The molecule has 1 amide bonds. The van der Waals surface area contributed by atoms with Gasteiger partial charge >= 0.3 is 0 Å². The summed E-state index contributed by atoms with van der Waals surface area (Å²) in [4.78, 5) is 22.3. The second-order valence-corrected chi connectivity index (χ2v) is 11.4. The number of furan rings is 1. The van der Waals surface area contributed by atoms with Crippen LogP contribution < -0.4 is 5.32 Å². The Balaban J connectivity index is 1.07. The third-order valence-corrected chi connectivity index (χ3v) is 8.47. The molecule has 0 radical (unpaired) electrons. The van der Waals surface area contributed by atoms with E-state index in [9.17, 15) is 9.18 Å². The maximum absolute atomic E-state index is 13.7. The second kappa shape index (κ2) is 13.3. The lowest BCUT2D eigenvalue weighted by Gasteiger charge is -2.34. The van der Waals surface area contributed by atoms with E-state index in [4.69, 9.17) is 9.40 Å². The summed E-state index contributed by atoms with van der Waals surface area (Å²) in [6, 6.07) is 28.5. The maximum atomic E-state index is 13.7. The van der Waals surface area contributed by atoms with Crippen molar-refractivity contribution in [2.45, 2.75) is 37.8 Å². The fourth-order valence-electron chi connectivity index (χ4n) is 6.04.